The summed E-state index contributed by atoms with van der Waals surface area (Å²) >= 11 is 0. The van der Waals surface area contributed by atoms with E-state index in [-0.39, 0.29) is 11.4 Å². The summed E-state index contributed by atoms with van der Waals surface area (Å²) < 4.78 is 5.07. The average molecular weight is 294 g/mol. The second-order valence-electron chi connectivity index (χ2n) is 5.03. The zero-order valence-corrected chi connectivity index (χ0v) is 12.2. The van der Waals surface area contributed by atoms with Crippen LogP contribution in [0.25, 0.3) is 11.0 Å². The highest BCUT2D eigenvalue weighted by Crippen LogP contribution is 2.30. The third-order valence-corrected chi connectivity index (χ3v) is 3.61. The van der Waals surface area contributed by atoms with Gasteiger partial charge < -0.3 is 9.52 Å². The van der Waals surface area contributed by atoms with Crippen molar-refractivity contribution in [2.24, 2.45) is 10.2 Å². The van der Waals surface area contributed by atoms with Crippen molar-refractivity contribution in [2.75, 3.05) is 0 Å². The quantitative estimate of drug-likeness (QED) is 0.557. The van der Waals surface area contributed by atoms with Gasteiger partial charge in [-0.05, 0) is 61.4 Å². The molecule has 0 aliphatic rings. The van der Waals surface area contributed by atoms with Crippen molar-refractivity contribution in [2.45, 2.75) is 13.8 Å². The Kier molecular flexibility index (Phi) is 3.47. The Morgan fingerprint density at radius 3 is 2.59 bits per heavy atom. The van der Waals surface area contributed by atoms with E-state index in [1.165, 1.54) is 6.07 Å². The van der Waals surface area contributed by atoms with Crippen LogP contribution in [-0.2, 0) is 0 Å². The largest absolute Gasteiger partial charge is 0.508 e. The summed E-state index contributed by atoms with van der Waals surface area (Å²) in [5.74, 6) is 0.247. The Morgan fingerprint density at radius 2 is 1.77 bits per heavy atom. The van der Waals surface area contributed by atoms with Crippen molar-refractivity contribution >= 4 is 22.3 Å². The molecule has 0 saturated carbocycles. The molecule has 0 spiro atoms. The summed E-state index contributed by atoms with van der Waals surface area (Å²) in [6.07, 6.45) is 0. The first kappa shape index (κ1) is 14.0. The van der Waals surface area contributed by atoms with Crippen LogP contribution >= 0.6 is 0 Å². The molecule has 0 bridgehead atoms. The van der Waals surface area contributed by atoms with Crippen LogP contribution in [0.4, 0.5) is 11.4 Å². The molecule has 3 rings (SSSR count). The highest BCUT2D eigenvalue weighted by atomic mass is 16.4. The van der Waals surface area contributed by atoms with Crippen LogP contribution in [0.5, 0.6) is 5.75 Å². The first-order valence-electron chi connectivity index (χ1n) is 6.79. The molecule has 22 heavy (non-hydrogen) atoms. The topological polar surface area (TPSA) is 75.2 Å². The minimum absolute atomic E-state index is 0.247. The number of phenols is 1. The predicted molar refractivity (Wildman–Crippen MR) is 84.2 cm³/mol. The zero-order chi connectivity index (χ0) is 15.7. The van der Waals surface area contributed by atoms with Crippen LogP contribution < -0.4 is 5.63 Å². The lowest BCUT2D eigenvalue weighted by molar-refractivity contribution is 0.470. The van der Waals surface area contributed by atoms with E-state index in [2.05, 4.69) is 10.2 Å². The Balaban J connectivity index is 1.97. The number of rotatable bonds is 2. The first-order valence-corrected chi connectivity index (χ1v) is 6.79. The summed E-state index contributed by atoms with van der Waals surface area (Å²) in [6, 6.07) is 11.6. The molecule has 3 aromatic rings. The standard InChI is InChI=1S/C17H14N2O3/c1-10-11(2)15(20)6-5-14(10)19-18-13-4-7-16-12(9-13)3-8-17(21)22-16/h3-9,20H,1-2H3. The van der Waals surface area contributed by atoms with Crippen LogP contribution in [0, 0.1) is 13.8 Å². The number of fused-ring (bicyclic) bond motifs is 1. The van der Waals surface area contributed by atoms with Crippen LogP contribution in [0.1, 0.15) is 11.1 Å². The minimum Gasteiger partial charge on any atom is -0.508 e. The molecule has 1 heterocycles. The molecule has 1 N–H and O–H groups in total. The molecule has 0 aliphatic heterocycles. The summed E-state index contributed by atoms with van der Waals surface area (Å²) in [5.41, 5.74) is 3.17. The van der Waals surface area contributed by atoms with Gasteiger partial charge in [0.15, 0.2) is 0 Å². The number of aromatic hydroxyl groups is 1. The number of phenolic OH excluding ortho intramolecular Hbond substituents is 1. The van der Waals surface area contributed by atoms with Gasteiger partial charge in [-0.3, -0.25) is 0 Å². The lowest BCUT2D eigenvalue weighted by atomic mass is 10.1. The van der Waals surface area contributed by atoms with Crippen molar-refractivity contribution in [1.82, 2.24) is 0 Å². The Morgan fingerprint density at radius 1 is 0.955 bits per heavy atom. The molecule has 0 radical (unpaired) electrons. The van der Waals surface area contributed by atoms with Gasteiger partial charge in [0.1, 0.15) is 11.3 Å². The third kappa shape index (κ3) is 2.61. The van der Waals surface area contributed by atoms with Gasteiger partial charge in [0, 0.05) is 11.5 Å². The smallest absolute Gasteiger partial charge is 0.336 e. The lowest BCUT2D eigenvalue weighted by Gasteiger charge is -2.05. The van der Waals surface area contributed by atoms with Crippen molar-refractivity contribution in [3.63, 3.8) is 0 Å². The number of azo groups is 1. The van der Waals surface area contributed by atoms with Gasteiger partial charge in [-0.1, -0.05) is 0 Å². The maximum Gasteiger partial charge on any atom is 0.336 e. The Hall–Kier alpha value is -2.95. The van der Waals surface area contributed by atoms with Crippen molar-refractivity contribution < 1.29 is 9.52 Å². The average Bonchev–Trinajstić information content (AvgIpc) is 2.52. The fourth-order valence-electron chi connectivity index (χ4n) is 2.13. The van der Waals surface area contributed by atoms with Gasteiger partial charge in [-0.15, -0.1) is 0 Å². The predicted octanol–water partition coefficient (Wildman–Crippen LogP) is 4.53. The normalized spacial score (nSPS) is 11.4. The molecular formula is C17H14N2O3. The molecule has 0 atom stereocenters. The van der Waals surface area contributed by atoms with E-state index >= 15 is 0 Å². The van der Waals surface area contributed by atoms with Gasteiger partial charge in [-0.25, -0.2) is 4.79 Å². The monoisotopic (exact) mass is 294 g/mol. The van der Waals surface area contributed by atoms with Crippen molar-refractivity contribution in [3.8, 4) is 5.75 Å². The molecule has 0 aliphatic carbocycles. The molecule has 110 valence electrons. The minimum atomic E-state index is -0.378. The van der Waals surface area contributed by atoms with Crippen LogP contribution in [0.2, 0.25) is 0 Å². The van der Waals surface area contributed by atoms with Gasteiger partial charge in [0.2, 0.25) is 0 Å². The van der Waals surface area contributed by atoms with Gasteiger partial charge in [0.05, 0.1) is 11.4 Å². The molecule has 0 saturated heterocycles. The van der Waals surface area contributed by atoms with Crippen LogP contribution in [0.15, 0.2) is 61.9 Å². The van der Waals surface area contributed by atoms with Gasteiger partial charge in [0.25, 0.3) is 0 Å². The molecule has 0 unspecified atom stereocenters. The van der Waals surface area contributed by atoms with Gasteiger partial charge in [-0.2, -0.15) is 10.2 Å². The van der Waals surface area contributed by atoms with E-state index in [4.69, 9.17) is 4.42 Å². The molecule has 5 nitrogen and oxygen atoms in total. The summed E-state index contributed by atoms with van der Waals surface area (Å²) in [4.78, 5) is 11.1. The van der Waals surface area contributed by atoms with Gasteiger partial charge >= 0.3 is 5.63 Å². The zero-order valence-electron chi connectivity index (χ0n) is 12.2. The van der Waals surface area contributed by atoms with Crippen LogP contribution in [0.3, 0.4) is 0 Å². The SMILES string of the molecule is Cc1c(O)ccc(N=Nc2ccc3oc(=O)ccc3c2)c1C. The fourth-order valence-corrected chi connectivity index (χ4v) is 2.13. The van der Waals surface area contributed by atoms with E-state index in [9.17, 15) is 9.90 Å². The van der Waals surface area contributed by atoms with E-state index in [0.29, 0.717) is 17.0 Å². The molecule has 0 amide bonds. The molecule has 5 heteroatoms. The highest BCUT2D eigenvalue weighted by molar-refractivity contribution is 5.79. The van der Waals surface area contributed by atoms with Crippen molar-refractivity contribution in [3.05, 3.63) is 64.0 Å². The second kappa shape index (κ2) is 5.44. The summed E-state index contributed by atoms with van der Waals surface area (Å²) in [7, 11) is 0. The van der Waals surface area contributed by atoms with E-state index < -0.39 is 0 Å². The number of benzene rings is 2. The summed E-state index contributed by atoms with van der Waals surface area (Å²) in [6.45, 7) is 3.72. The molecule has 2 aromatic carbocycles. The molecular weight excluding hydrogens is 280 g/mol. The van der Waals surface area contributed by atoms with Crippen LogP contribution in [-0.4, -0.2) is 5.11 Å². The van der Waals surface area contributed by atoms with Crippen molar-refractivity contribution in [1.29, 1.82) is 0 Å². The second-order valence-corrected chi connectivity index (χ2v) is 5.03. The third-order valence-electron chi connectivity index (χ3n) is 3.61. The Bertz CT molecular complexity index is 942. The molecule has 0 fully saturated rings. The molecule has 1 aromatic heterocycles. The van der Waals surface area contributed by atoms with E-state index in [0.717, 1.165) is 16.5 Å². The fraction of sp³-hybridized carbons (Fsp3) is 0.118. The maximum absolute atomic E-state index is 11.1. The van der Waals surface area contributed by atoms with E-state index in [1.54, 1.807) is 36.4 Å². The summed E-state index contributed by atoms with van der Waals surface area (Å²) in [5, 5.41) is 18.9. The van der Waals surface area contributed by atoms with E-state index in [1.807, 2.05) is 13.8 Å². The number of hydrogen-bond acceptors (Lipinski definition) is 5. The number of nitrogens with zero attached hydrogens (tertiary/aromatic N) is 2. The number of hydrogen-bond donors (Lipinski definition) is 1. The first-order chi connectivity index (χ1) is 10.5. The highest BCUT2D eigenvalue weighted by Gasteiger charge is 2.05. The maximum atomic E-state index is 11.1. The lowest BCUT2D eigenvalue weighted by Crippen LogP contribution is -1.93. The Labute approximate surface area is 126 Å².